The lowest BCUT2D eigenvalue weighted by atomic mass is 10.1. The molecule has 2 atom stereocenters. The summed E-state index contributed by atoms with van der Waals surface area (Å²) in [6.07, 6.45) is 2.34. The molecule has 0 aliphatic carbocycles. The molecule has 3 N–H and O–H groups in total. The first-order valence-corrected chi connectivity index (χ1v) is 9.09. The van der Waals surface area contributed by atoms with Crippen molar-refractivity contribution in [2.24, 2.45) is 11.7 Å². The second-order valence-electron chi connectivity index (χ2n) is 5.81. The Balaban J connectivity index is 0.00000288. The molecular weight excluding hydrogens is 350 g/mol. The molecule has 1 aliphatic heterocycles. The highest BCUT2D eigenvalue weighted by Gasteiger charge is 2.32. The minimum absolute atomic E-state index is 0. The van der Waals surface area contributed by atoms with Crippen molar-refractivity contribution in [1.82, 2.24) is 9.62 Å². The molecule has 1 aromatic carbocycles. The van der Waals surface area contributed by atoms with Crippen molar-refractivity contribution >= 4 is 28.3 Å². The molecule has 1 heterocycles. The molecule has 0 radical (unpaired) electrons. The number of halogens is 1. The second kappa shape index (κ2) is 8.62. The highest BCUT2D eigenvalue weighted by molar-refractivity contribution is 7.89. The topological polar surface area (TPSA) is 92.5 Å². The molecule has 0 aromatic heterocycles. The van der Waals surface area contributed by atoms with E-state index in [2.05, 4.69) is 11.3 Å². The van der Waals surface area contributed by atoms with Gasteiger partial charge in [0, 0.05) is 24.7 Å². The minimum atomic E-state index is -3.64. The van der Waals surface area contributed by atoms with Crippen LogP contribution in [-0.2, 0) is 10.0 Å². The Morgan fingerprint density at radius 1 is 1.50 bits per heavy atom. The molecule has 6 nitrogen and oxygen atoms in total. The van der Waals surface area contributed by atoms with E-state index in [4.69, 9.17) is 5.73 Å². The van der Waals surface area contributed by atoms with Gasteiger partial charge in [-0.15, -0.1) is 19.0 Å². The molecule has 1 aromatic rings. The number of nitrogens with two attached hydrogens (primary N) is 1. The van der Waals surface area contributed by atoms with Crippen molar-refractivity contribution in [3.05, 3.63) is 42.5 Å². The van der Waals surface area contributed by atoms with E-state index < -0.39 is 10.0 Å². The van der Waals surface area contributed by atoms with Gasteiger partial charge in [-0.3, -0.25) is 4.79 Å². The van der Waals surface area contributed by atoms with Gasteiger partial charge in [0.2, 0.25) is 10.0 Å². The number of likely N-dealkylation sites (tertiary alicyclic amines) is 1. The van der Waals surface area contributed by atoms with Crippen LogP contribution in [0.2, 0.25) is 0 Å². The number of nitrogens with one attached hydrogen (secondary N) is 1. The first kappa shape index (κ1) is 20.6. The quantitative estimate of drug-likeness (QED) is 0.737. The number of hydrogen-bond acceptors (Lipinski definition) is 4. The summed E-state index contributed by atoms with van der Waals surface area (Å²) >= 11 is 0. The van der Waals surface area contributed by atoms with Gasteiger partial charge in [0.1, 0.15) is 0 Å². The molecule has 134 valence electrons. The van der Waals surface area contributed by atoms with Crippen LogP contribution in [0.4, 0.5) is 0 Å². The number of carbonyl (C=O) groups excluding carboxylic acids is 1. The van der Waals surface area contributed by atoms with Crippen LogP contribution in [0.5, 0.6) is 0 Å². The van der Waals surface area contributed by atoms with E-state index in [0.717, 1.165) is 6.42 Å². The summed E-state index contributed by atoms with van der Waals surface area (Å²) in [7, 11) is -3.64. The molecule has 0 bridgehead atoms. The zero-order valence-electron chi connectivity index (χ0n) is 13.6. The van der Waals surface area contributed by atoms with Crippen molar-refractivity contribution in [3.8, 4) is 0 Å². The molecule has 8 heteroatoms. The van der Waals surface area contributed by atoms with Crippen LogP contribution in [0.15, 0.2) is 41.8 Å². The highest BCUT2D eigenvalue weighted by Crippen LogP contribution is 2.24. The molecular formula is C16H24ClN3O3S. The van der Waals surface area contributed by atoms with Crippen LogP contribution in [0.3, 0.4) is 0 Å². The zero-order valence-corrected chi connectivity index (χ0v) is 15.3. The van der Waals surface area contributed by atoms with Crippen molar-refractivity contribution in [3.63, 3.8) is 0 Å². The van der Waals surface area contributed by atoms with E-state index >= 15 is 0 Å². The normalized spacial score (nSPS) is 20.5. The monoisotopic (exact) mass is 373 g/mol. The molecule has 0 spiro atoms. The third kappa shape index (κ3) is 4.57. The van der Waals surface area contributed by atoms with Crippen molar-refractivity contribution < 1.29 is 13.2 Å². The lowest BCUT2D eigenvalue weighted by molar-refractivity contribution is 0.0743. The van der Waals surface area contributed by atoms with Crippen LogP contribution in [-0.4, -0.2) is 44.9 Å². The number of carbonyl (C=O) groups is 1. The highest BCUT2D eigenvalue weighted by atomic mass is 35.5. The van der Waals surface area contributed by atoms with Crippen LogP contribution < -0.4 is 10.5 Å². The SMILES string of the molecule is C=CCNS(=O)(=O)c1cccc(C(=O)N2CC(CN)CC2C)c1.Cl. The van der Waals surface area contributed by atoms with Gasteiger partial charge in [0.05, 0.1) is 4.90 Å². The predicted molar refractivity (Wildman–Crippen MR) is 96.7 cm³/mol. The van der Waals surface area contributed by atoms with Gasteiger partial charge in [-0.1, -0.05) is 12.1 Å². The number of nitrogens with zero attached hydrogens (tertiary/aromatic N) is 1. The largest absolute Gasteiger partial charge is 0.336 e. The Hall–Kier alpha value is -1.41. The fourth-order valence-corrected chi connectivity index (χ4v) is 3.85. The number of sulfonamides is 1. The first-order valence-electron chi connectivity index (χ1n) is 7.60. The summed E-state index contributed by atoms with van der Waals surface area (Å²) in [5.41, 5.74) is 6.06. The van der Waals surface area contributed by atoms with Crippen molar-refractivity contribution in [2.75, 3.05) is 19.6 Å². The lowest BCUT2D eigenvalue weighted by Crippen LogP contribution is -2.34. The van der Waals surface area contributed by atoms with E-state index in [0.29, 0.717) is 24.6 Å². The van der Waals surface area contributed by atoms with Crippen LogP contribution in [0.1, 0.15) is 23.7 Å². The van der Waals surface area contributed by atoms with Crippen LogP contribution in [0.25, 0.3) is 0 Å². The number of amides is 1. The molecule has 1 aliphatic rings. The smallest absolute Gasteiger partial charge is 0.254 e. The van der Waals surface area contributed by atoms with Crippen molar-refractivity contribution in [1.29, 1.82) is 0 Å². The van der Waals surface area contributed by atoms with E-state index in [1.807, 2.05) is 6.92 Å². The number of benzene rings is 1. The standard InChI is InChI=1S/C16H23N3O3S.ClH/c1-3-7-18-23(21,22)15-6-4-5-14(9-15)16(20)19-11-13(10-17)8-12(19)2;/h3-6,9,12-13,18H,1,7-8,10-11,17H2,2H3;1H. The van der Waals surface area contributed by atoms with E-state index in [1.54, 1.807) is 17.0 Å². The van der Waals surface area contributed by atoms with Crippen LogP contribution >= 0.6 is 12.4 Å². The predicted octanol–water partition coefficient (Wildman–Crippen LogP) is 1.38. The summed E-state index contributed by atoms with van der Waals surface area (Å²) in [6.45, 7) is 6.77. The molecule has 2 unspecified atom stereocenters. The summed E-state index contributed by atoms with van der Waals surface area (Å²) in [4.78, 5) is 14.5. The Bertz CT molecular complexity index is 694. The minimum Gasteiger partial charge on any atom is -0.336 e. The van der Waals surface area contributed by atoms with Gasteiger partial charge in [0.25, 0.3) is 5.91 Å². The molecule has 24 heavy (non-hydrogen) atoms. The molecule has 1 amide bonds. The van der Waals surface area contributed by atoms with Gasteiger partial charge in [-0.05, 0) is 44.0 Å². The Kier molecular flexibility index (Phi) is 7.41. The number of rotatable bonds is 6. The Morgan fingerprint density at radius 2 is 2.21 bits per heavy atom. The summed E-state index contributed by atoms with van der Waals surface area (Å²) in [6, 6.07) is 6.21. The zero-order chi connectivity index (χ0) is 17.0. The maximum Gasteiger partial charge on any atom is 0.254 e. The summed E-state index contributed by atoms with van der Waals surface area (Å²) in [5, 5.41) is 0. The molecule has 1 fully saturated rings. The summed E-state index contributed by atoms with van der Waals surface area (Å²) in [5.74, 6) is 0.143. The molecule has 1 saturated heterocycles. The third-order valence-corrected chi connectivity index (χ3v) is 5.49. The maximum absolute atomic E-state index is 12.7. The number of hydrogen-bond donors (Lipinski definition) is 2. The van der Waals surface area contributed by atoms with Gasteiger partial charge in [-0.2, -0.15) is 0 Å². The van der Waals surface area contributed by atoms with Gasteiger partial charge in [0.15, 0.2) is 0 Å². The van der Waals surface area contributed by atoms with Gasteiger partial charge < -0.3 is 10.6 Å². The Morgan fingerprint density at radius 3 is 2.79 bits per heavy atom. The first-order chi connectivity index (χ1) is 10.9. The third-order valence-electron chi connectivity index (χ3n) is 4.06. The fraction of sp³-hybridized carbons (Fsp3) is 0.438. The summed E-state index contributed by atoms with van der Waals surface area (Å²) < 4.78 is 26.7. The Labute approximate surface area is 149 Å². The maximum atomic E-state index is 12.7. The van der Waals surface area contributed by atoms with E-state index in [-0.39, 0.29) is 35.8 Å². The fourth-order valence-electron chi connectivity index (χ4n) is 2.81. The molecule has 0 saturated carbocycles. The van der Waals surface area contributed by atoms with Crippen LogP contribution in [0, 0.1) is 5.92 Å². The van der Waals surface area contributed by atoms with Gasteiger partial charge >= 0.3 is 0 Å². The van der Waals surface area contributed by atoms with Crippen molar-refractivity contribution in [2.45, 2.75) is 24.3 Å². The molecule has 2 rings (SSSR count). The van der Waals surface area contributed by atoms with E-state index in [1.165, 1.54) is 18.2 Å². The van der Waals surface area contributed by atoms with Gasteiger partial charge in [-0.25, -0.2) is 13.1 Å². The average Bonchev–Trinajstić information content (AvgIpc) is 2.93. The van der Waals surface area contributed by atoms with E-state index in [9.17, 15) is 13.2 Å². The lowest BCUT2D eigenvalue weighted by Gasteiger charge is -2.21. The average molecular weight is 374 g/mol. The second-order valence-corrected chi connectivity index (χ2v) is 7.58.